The van der Waals surface area contributed by atoms with Gasteiger partial charge in [0.05, 0.1) is 4.92 Å². The Morgan fingerprint density at radius 3 is 2.89 bits per heavy atom. The summed E-state index contributed by atoms with van der Waals surface area (Å²) in [7, 11) is 0. The van der Waals surface area contributed by atoms with Crippen LogP contribution >= 0.6 is 0 Å². The number of rotatable bonds is 2. The second-order valence-corrected chi connectivity index (χ2v) is 5.14. The van der Waals surface area contributed by atoms with Gasteiger partial charge in [-0.2, -0.15) is 5.26 Å². The summed E-state index contributed by atoms with van der Waals surface area (Å²) < 4.78 is 0. The minimum atomic E-state index is -0.586. The van der Waals surface area contributed by atoms with E-state index < -0.39 is 4.92 Å². The minimum Gasteiger partial charge on any atom is -0.353 e. The van der Waals surface area contributed by atoms with E-state index in [1.165, 1.54) is 6.07 Å². The van der Waals surface area contributed by atoms with Crippen LogP contribution in [0.2, 0.25) is 0 Å². The van der Waals surface area contributed by atoms with Crippen molar-refractivity contribution in [3.63, 3.8) is 0 Å². The van der Waals surface area contributed by atoms with Crippen LogP contribution in [-0.2, 0) is 0 Å². The number of hydrogen-bond donors (Lipinski definition) is 1. The number of aromatic nitrogens is 1. The van der Waals surface area contributed by atoms with Gasteiger partial charge >= 0.3 is 5.69 Å². The van der Waals surface area contributed by atoms with E-state index in [0.29, 0.717) is 5.82 Å². The standard InChI is InChI=1S/C12H15N5O2/c1-12(2)8-16(6-5-14-12)11-4-3-10(17(18)19)9(7-13)15-11/h3-4,14H,5-6,8H2,1-2H3. The number of nitrogens with one attached hydrogen (secondary N) is 1. The maximum absolute atomic E-state index is 10.8. The molecule has 0 aliphatic carbocycles. The largest absolute Gasteiger partial charge is 0.353 e. The Morgan fingerprint density at radius 1 is 1.58 bits per heavy atom. The third kappa shape index (κ3) is 2.80. The van der Waals surface area contributed by atoms with Crippen LogP contribution in [0, 0.1) is 21.4 Å². The summed E-state index contributed by atoms with van der Waals surface area (Å²) in [5, 5.41) is 23.1. The van der Waals surface area contributed by atoms with Gasteiger partial charge in [-0.1, -0.05) is 0 Å². The lowest BCUT2D eigenvalue weighted by Crippen LogP contribution is -2.57. The van der Waals surface area contributed by atoms with E-state index in [4.69, 9.17) is 5.26 Å². The molecule has 1 aliphatic heterocycles. The van der Waals surface area contributed by atoms with Crippen molar-refractivity contribution in [3.05, 3.63) is 27.9 Å². The molecule has 1 N–H and O–H groups in total. The molecule has 0 bridgehead atoms. The normalized spacial score (nSPS) is 17.8. The molecule has 7 nitrogen and oxygen atoms in total. The molecule has 100 valence electrons. The van der Waals surface area contributed by atoms with Crippen molar-refractivity contribution in [1.29, 1.82) is 5.26 Å². The van der Waals surface area contributed by atoms with Gasteiger partial charge < -0.3 is 10.2 Å². The molecule has 0 amide bonds. The molecule has 0 spiro atoms. The Morgan fingerprint density at radius 2 is 2.32 bits per heavy atom. The average Bonchev–Trinajstić information content (AvgIpc) is 2.36. The van der Waals surface area contributed by atoms with Crippen molar-refractivity contribution < 1.29 is 4.92 Å². The summed E-state index contributed by atoms with van der Waals surface area (Å²) in [5.41, 5.74) is -0.436. The van der Waals surface area contributed by atoms with Gasteiger partial charge in [-0.05, 0) is 19.9 Å². The average molecular weight is 261 g/mol. The van der Waals surface area contributed by atoms with E-state index in [0.717, 1.165) is 19.6 Å². The summed E-state index contributed by atoms with van der Waals surface area (Å²) in [4.78, 5) is 16.3. The number of anilines is 1. The summed E-state index contributed by atoms with van der Waals surface area (Å²) in [5.74, 6) is 0.608. The van der Waals surface area contributed by atoms with Gasteiger partial charge in [-0.25, -0.2) is 4.98 Å². The van der Waals surface area contributed by atoms with Crippen molar-refractivity contribution in [1.82, 2.24) is 10.3 Å². The van der Waals surface area contributed by atoms with Crippen LogP contribution in [0.15, 0.2) is 12.1 Å². The predicted molar refractivity (Wildman–Crippen MR) is 69.9 cm³/mol. The zero-order chi connectivity index (χ0) is 14.0. The molecule has 1 aliphatic rings. The Kier molecular flexibility index (Phi) is 3.36. The quantitative estimate of drug-likeness (QED) is 0.631. The molecule has 2 heterocycles. The molecule has 1 aromatic heterocycles. The topological polar surface area (TPSA) is 95.1 Å². The Labute approximate surface area is 111 Å². The first-order valence-electron chi connectivity index (χ1n) is 5.98. The molecule has 0 unspecified atom stereocenters. The highest BCUT2D eigenvalue weighted by molar-refractivity contribution is 5.52. The van der Waals surface area contributed by atoms with Crippen LogP contribution in [0.3, 0.4) is 0 Å². The lowest BCUT2D eigenvalue weighted by molar-refractivity contribution is -0.385. The Hall–Kier alpha value is -2.20. The highest BCUT2D eigenvalue weighted by Crippen LogP contribution is 2.23. The highest BCUT2D eigenvalue weighted by atomic mass is 16.6. The lowest BCUT2D eigenvalue weighted by atomic mass is 10.0. The number of nitriles is 1. The molecule has 2 rings (SSSR count). The maximum Gasteiger partial charge on any atom is 0.305 e. The van der Waals surface area contributed by atoms with Crippen LogP contribution in [0.25, 0.3) is 0 Å². The molecule has 7 heteroatoms. The molecule has 0 radical (unpaired) electrons. The number of piperazine rings is 1. The van der Waals surface area contributed by atoms with E-state index in [1.807, 2.05) is 4.90 Å². The molecular weight excluding hydrogens is 246 g/mol. The molecule has 1 saturated heterocycles. The van der Waals surface area contributed by atoms with Crippen LogP contribution in [0.1, 0.15) is 19.5 Å². The maximum atomic E-state index is 10.8. The van der Waals surface area contributed by atoms with Gasteiger partial charge in [0.2, 0.25) is 5.69 Å². The van der Waals surface area contributed by atoms with Gasteiger partial charge in [0.25, 0.3) is 0 Å². The van der Waals surface area contributed by atoms with E-state index in [2.05, 4.69) is 24.1 Å². The summed E-state index contributed by atoms with van der Waals surface area (Å²) in [6.07, 6.45) is 0. The van der Waals surface area contributed by atoms with Crippen molar-refractivity contribution in [3.8, 4) is 6.07 Å². The SMILES string of the molecule is CC1(C)CN(c2ccc([N+](=O)[O-])c(C#N)n2)CCN1. The monoisotopic (exact) mass is 261 g/mol. The molecule has 1 aromatic rings. The van der Waals surface area contributed by atoms with Crippen molar-refractivity contribution in [2.75, 3.05) is 24.5 Å². The van der Waals surface area contributed by atoms with Crippen molar-refractivity contribution >= 4 is 11.5 Å². The van der Waals surface area contributed by atoms with Gasteiger partial charge in [0, 0.05) is 31.2 Å². The lowest BCUT2D eigenvalue weighted by Gasteiger charge is -2.39. The third-order valence-corrected chi connectivity index (χ3v) is 3.06. The fourth-order valence-electron chi connectivity index (χ4n) is 2.18. The Bertz CT molecular complexity index is 550. The van der Waals surface area contributed by atoms with Gasteiger partial charge in [-0.3, -0.25) is 10.1 Å². The predicted octanol–water partition coefficient (Wildman–Crippen LogP) is 1.05. The first-order valence-corrected chi connectivity index (χ1v) is 5.98. The van der Waals surface area contributed by atoms with Crippen molar-refractivity contribution in [2.45, 2.75) is 19.4 Å². The number of hydrogen-bond acceptors (Lipinski definition) is 6. The summed E-state index contributed by atoms with van der Waals surface area (Å²) in [6, 6.07) is 4.72. The number of pyridine rings is 1. The number of nitrogens with zero attached hydrogens (tertiary/aromatic N) is 4. The van der Waals surface area contributed by atoms with E-state index in [9.17, 15) is 10.1 Å². The van der Waals surface area contributed by atoms with Crippen LogP contribution in [0.4, 0.5) is 11.5 Å². The second-order valence-electron chi connectivity index (χ2n) is 5.14. The molecule has 19 heavy (non-hydrogen) atoms. The summed E-state index contributed by atoms with van der Waals surface area (Å²) >= 11 is 0. The van der Waals surface area contributed by atoms with E-state index in [1.54, 1.807) is 12.1 Å². The first kappa shape index (κ1) is 13.2. The van der Waals surface area contributed by atoms with Crippen LogP contribution < -0.4 is 10.2 Å². The van der Waals surface area contributed by atoms with Gasteiger partial charge in [0.1, 0.15) is 11.9 Å². The fourth-order valence-corrected chi connectivity index (χ4v) is 2.18. The molecule has 0 aromatic carbocycles. The zero-order valence-corrected chi connectivity index (χ0v) is 10.9. The second kappa shape index (κ2) is 4.82. The van der Waals surface area contributed by atoms with Crippen molar-refractivity contribution in [2.24, 2.45) is 0 Å². The molecule has 1 fully saturated rings. The minimum absolute atomic E-state index is 0.0471. The Balaban J connectivity index is 2.31. The first-order chi connectivity index (χ1) is 8.93. The molecular formula is C12H15N5O2. The summed E-state index contributed by atoms with van der Waals surface area (Å²) in [6.45, 7) is 6.47. The molecule has 0 saturated carbocycles. The zero-order valence-electron chi connectivity index (χ0n) is 10.9. The van der Waals surface area contributed by atoms with Gasteiger partial charge in [-0.15, -0.1) is 0 Å². The number of nitro groups is 1. The van der Waals surface area contributed by atoms with E-state index in [-0.39, 0.29) is 16.9 Å². The van der Waals surface area contributed by atoms with Crippen LogP contribution in [-0.4, -0.2) is 35.1 Å². The molecule has 0 atom stereocenters. The van der Waals surface area contributed by atoms with Crippen LogP contribution in [0.5, 0.6) is 0 Å². The highest BCUT2D eigenvalue weighted by Gasteiger charge is 2.27. The smallest absolute Gasteiger partial charge is 0.305 e. The third-order valence-electron chi connectivity index (χ3n) is 3.06. The van der Waals surface area contributed by atoms with E-state index >= 15 is 0 Å². The van der Waals surface area contributed by atoms with Gasteiger partial charge in [0.15, 0.2) is 0 Å². The fraction of sp³-hybridized carbons (Fsp3) is 0.500.